The maximum Gasteiger partial charge on any atom is 0.148 e. The van der Waals surface area contributed by atoms with Gasteiger partial charge >= 0.3 is 0 Å². The molecule has 3 heteroatoms. The van der Waals surface area contributed by atoms with Crippen molar-refractivity contribution in [2.45, 2.75) is 26.8 Å². The van der Waals surface area contributed by atoms with E-state index in [1.807, 2.05) is 19.1 Å². The SMILES string of the molecule is COc1ccc(NC(C)C)c(OC)c1C. The summed E-state index contributed by atoms with van der Waals surface area (Å²) in [6, 6.07) is 4.31. The molecule has 0 heterocycles. The van der Waals surface area contributed by atoms with Gasteiger partial charge in [-0.3, -0.25) is 0 Å². The van der Waals surface area contributed by atoms with Crippen LogP contribution in [0.1, 0.15) is 19.4 Å². The number of anilines is 1. The van der Waals surface area contributed by atoms with E-state index in [-0.39, 0.29) is 0 Å². The van der Waals surface area contributed by atoms with E-state index in [2.05, 4.69) is 19.2 Å². The van der Waals surface area contributed by atoms with E-state index in [1.54, 1.807) is 14.2 Å². The first-order valence-electron chi connectivity index (χ1n) is 5.08. The molecule has 1 aromatic carbocycles. The fraction of sp³-hybridized carbons (Fsp3) is 0.500. The second-order valence-electron chi connectivity index (χ2n) is 3.77. The van der Waals surface area contributed by atoms with Crippen molar-refractivity contribution in [1.82, 2.24) is 0 Å². The van der Waals surface area contributed by atoms with Crippen LogP contribution in [0.5, 0.6) is 11.5 Å². The minimum atomic E-state index is 0.381. The van der Waals surface area contributed by atoms with Crippen LogP contribution in [0, 0.1) is 6.92 Å². The molecule has 0 unspecified atom stereocenters. The number of methoxy groups -OCH3 is 2. The van der Waals surface area contributed by atoms with Gasteiger partial charge in [-0.25, -0.2) is 0 Å². The Kier molecular flexibility index (Phi) is 3.83. The molecule has 0 aromatic heterocycles. The number of rotatable bonds is 4. The molecule has 3 nitrogen and oxygen atoms in total. The predicted octanol–water partition coefficient (Wildman–Crippen LogP) is 2.83. The Morgan fingerprint density at radius 2 is 1.80 bits per heavy atom. The highest BCUT2D eigenvalue weighted by Gasteiger charge is 2.11. The Morgan fingerprint density at radius 1 is 1.13 bits per heavy atom. The van der Waals surface area contributed by atoms with Crippen LogP contribution in [0.15, 0.2) is 12.1 Å². The summed E-state index contributed by atoms with van der Waals surface area (Å²) in [7, 11) is 3.34. The van der Waals surface area contributed by atoms with Gasteiger partial charge in [0.15, 0.2) is 0 Å². The average molecular weight is 209 g/mol. The normalized spacial score (nSPS) is 10.3. The third-order valence-electron chi connectivity index (χ3n) is 2.22. The second kappa shape index (κ2) is 4.91. The van der Waals surface area contributed by atoms with E-state index in [0.29, 0.717) is 6.04 Å². The Balaban J connectivity index is 3.12. The zero-order valence-corrected chi connectivity index (χ0v) is 10.0. The van der Waals surface area contributed by atoms with Crippen LogP contribution in [-0.4, -0.2) is 20.3 Å². The van der Waals surface area contributed by atoms with Crippen molar-refractivity contribution in [2.75, 3.05) is 19.5 Å². The zero-order valence-electron chi connectivity index (χ0n) is 10.0. The lowest BCUT2D eigenvalue weighted by molar-refractivity contribution is 0.389. The van der Waals surface area contributed by atoms with Gasteiger partial charge in [0, 0.05) is 11.6 Å². The number of hydrogen-bond donors (Lipinski definition) is 1. The molecule has 1 N–H and O–H groups in total. The van der Waals surface area contributed by atoms with Gasteiger partial charge in [-0.1, -0.05) is 0 Å². The van der Waals surface area contributed by atoms with Gasteiger partial charge < -0.3 is 14.8 Å². The maximum atomic E-state index is 5.38. The molecule has 0 spiro atoms. The average Bonchev–Trinajstić information content (AvgIpc) is 2.18. The molecule has 84 valence electrons. The van der Waals surface area contributed by atoms with Crippen molar-refractivity contribution < 1.29 is 9.47 Å². The smallest absolute Gasteiger partial charge is 0.148 e. The number of hydrogen-bond acceptors (Lipinski definition) is 3. The fourth-order valence-electron chi connectivity index (χ4n) is 1.58. The van der Waals surface area contributed by atoms with Crippen LogP contribution < -0.4 is 14.8 Å². The monoisotopic (exact) mass is 209 g/mol. The van der Waals surface area contributed by atoms with Crippen LogP contribution >= 0.6 is 0 Å². The summed E-state index contributed by atoms with van der Waals surface area (Å²) >= 11 is 0. The van der Waals surface area contributed by atoms with E-state index in [1.165, 1.54) is 0 Å². The first-order chi connectivity index (χ1) is 7.10. The highest BCUT2D eigenvalue weighted by atomic mass is 16.5. The molecule has 0 amide bonds. The molecule has 0 aliphatic heterocycles. The zero-order chi connectivity index (χ0) is 11.4. The van der Waals surface area contributed by atoms with Crippen LogP contribution in [0.25, 0.3) is 0 Å². The van der Waals surface area contributed by atoms with Crippen LogP contribution in [0.4, 0.5) is 5.69 Å². The standard InChI is InChI=1S/C12H19NO2/c1-8(2)13-10-6-7-11(14-4)9(3)12(10)15-5/h6-8,13H,1-5H3. The lowest BCUT2D eigenvalue weighted by Gasteiger charge is -2.17. The third-order valence-corrected chi connectivity index (χ3v) is 2.22. The van der Waals surface area contributed by atoms with Crippen molar-refractivity contribution >= 4 is 5.69 Å². The van der Waals surface area contributed by atoms with Gasteiger partial charge in [-0.15, -0.1) is 0 Å². The quantitative estimate of drug-likeness (QED) is 0.827. The predicted molar refractivity (Wildman–Crippen MR) is 63.0 cm³/mol. The fourth-order valence-corrected chi connectivity index (χ4v) is 1.58. The number of ether oxygens (including phenoxy) is 2. The first-order valence-corrected chi connectivity index (χ1v) is 5.08. The number of nitrogens with one attached hydrogen (secondary N) is 1. The Morgan fingerprint density at radius 3 is 2.27 bits per heavy atom. The summed E-state index contributed by atoms with van der Waals surface area (Å²) in [6.45, 7) is 6.18. The van der Waals surface area contributed by atoms with Crippen molar-refractivity contribution in [1.29, 1.82) is 0 Å². The summed E-state index contributed by atoms with van der Waals surface area (Å²) in [6.07, 6.45) is 0. The lowest BCUT2D eigenvalue weighted by Crippen LogP contribution is -2.11. The molecule has 1 rings (SSSR count). The highest BCUT2D eigenvalue weighted by molar-refractivity contribution is 5.64. The van der Waals surface area contributed by atoms with Crippen LogP contribution in [0.3, 0.4) is 0 Å². The molecule has 0 bridgehead atoms. The van der Waals surface area contributed by atoms with Crippen molar-refractivity contribution in [3.8, 4) is 11.5 Å². The van der Waals surface area contributed by atoms with E-state index in [9.17, 15) is 0 Å². The van der Waals surface area contributed by atoms with E-state index in [0.717, 1.165) is 22.7 Å². The molecule has 0 radical (unpaired) electrons. The molecule has 0 saturated carbocycles. The molecule has 0 aliphatic carbocycles. The summed E-state index contributed by atoms with van der Waals surface area (Å²) < 4.78 is 10.6. The van der Waals surface area contributed by atoms with Gasteiger partial charge in [0.05, 0.1) is 19.9 Å². The van der Waals surface area contributed by atoms with Crippen molar-refractivity contribution in [3.05, 3.63) is 17.7 Å². The largest absolute Gasteiger partial charge is 0.496 e. The van der Waals surface area contributed by atoms with Crippen molar-refractivity contribution in [3.63, 3.8) is 0 Å². The van der Waals surface area contributed by atoms with Gasteiger partial charge in [0.25, 0.3) is 0 Å². The minimum Gasteiger partial charge on any atom is -0.496 e. The Bertz CT molecular complexity index is 335. The molecule has 1 aromatic rings. The molecule has 0 fully saturated rings. The van der Waals surface area contributed by atoms with Gasteiger partial charge in [0.1, 0.15) is 11.5 Å². The van der Waals surface area contributed by atoms with E-state index >= 15 is 0 Å². The third kappa shape index (κ3) is 2.55. The van der Waals surface area contributed by atoms with Gasteiger partial charge in [-0.05, 0) is 32.9 Å². The summed E-state index contributed by atoms with van der Waals surface area (Å²) in [5.74, 6) is 1.70. The summed E-state index contributed by atoms with van der Waals surface area (Å²) in [5.41, 5.74) is 2.02. The van der Waals surface area contributed by atoms with Gasteiger partial charge in [0.2, 0.25) is 0 Å². The molecule has 0 aliphatic rings. The Hall–Kier alpha value is -1.38. The van der Waals surface area contributed by atoms with Crippen LogP contribution in [0.2, 0.25) is 0 Å². The molecular weight excluding hydrogens is 190 g/mol. The maximum absolute atomic E-state index is 5.38. The Labute approximate surface area is 91.4 Å². The molecule has 0 atom stereocenters. The molecular formula is C12H19NO2. The van der Waals surface area contributed by atoms with Crippen LogP contribution in [-0.2, 0) is 0 Å². The summed E-state index contributed by atoms with van der Waals surface area (Å²) in [5, 5.41) is 3.34. The highest BCUT2D eigenvalue weighted by Crippen LogP contribution is 2.35. The second-order valence-corrected chi connectivity index (χ2v) is 3.77. The molecule has 15 heavy (non-hydrogen) atoms. The number of benzene rings is 1. The first kappa shape index (κ1) is 11.7. The topological polar surface area (TPSA) is 30.5 Å². The van der Waals surface area contributed by atoms with E-state index < -0.39 is 0 Å². The lowest BCUT2D eigenvalue weighted by atomic mass is 10.1. The molecule has 0 saturated heterocycles. The minimum absolute atomic E-state index is 0.381. The van der Waals surface area contributed by atoms with E-state index in [4.69, 9.17) is 9.47 Å². The van der Waals surface area contributed by atoms with Crippen molar-refractivity contribution in [2.24, 2.45) is 0 Å². The summed E-state index contributed by atoms with van der Waals surface area (Å²) in [4.78, 5) is 0. The van der Waals surface area contributed by atoms with Gasteiger partial charge in [-0.2, -0.15) is 0 Å².